The lowest BCUT2D eigenvalue weighted by atomic mass is 9.44. The van der Waals surface area contributed by atoms with Crippen molar-refractivity contribution in [1.82, 2.24) is 16.0 Å². The molecule has 0 aliphatic heterocycles. The Labute approximate surface area is 244 Å². The summed E-state index contributed by atoms with van der Waals surface area (Å²) in [5, 5.41) is 20.2. The van der Waals surface area contributed by atoms with E-state index in [9.17, 15) is 9.90 Å². The number of amides is 1. The average molecular weight is 563 g/mol. The highest BCUT2D eigenvalue weighted by atomic mass is 16.5. The van der Waals surface area contributed by atoms with Crippen LogP contribution >= 0.6 is 0 Å². The third-order valence-corrected chi connectivity index (χ3v) is 12.2. The van der Waals surface area contributed by atoms with Crippen LogP contribution in [0.1, 0.15) is 104 Å². The molecule has 4 aliphatic rings. The summed E-state index contributed by atoms with van der Waals surface area (Å²) in [5.41, 5.74) is 6.32. The van der Waals surface area contributed by atoms with Gasteiger partial charge in [-0.2, -0.15) is 0 Å². The number of unbranched alkanes of at least 4 members (excludes halogenated alkanes) is 1. The van der Waals surface area contributed by atoms with Gasteiger partial charge < -0.3 is 31.5 Å². The Morgan fingerprint density at radius 1 is 0.875 bits per heavy atom. The molecule has 0 heterocycles. The van der Waals surface area contributed by atoms with Crippen molar-refractivity contribution in [2.24, 2.45) is 52.1 Å². The highest BCUT2D eigenvalue weighted by Gasteiger charge is 2.60. The van der Waals surface area contributed by atoms with Crippen molar-refractivity contribution in [3.8, 4) is 0 Å². The zero-order chi connectivity index (χ0) is 28.6. The van der Waals surface area contributed by atoms with Gasteiger partial charge in [0.1, 0.15) is 0 Å². The SMILES string of the molecule is C[C@H](COC(=O)NCCCNCCCCNCCCN)[C@H]1CCC2C3CC[C@@H]4C[C@H](O)CC[C@]4(C)C3CC[C@@]21C. The quantitative estimate of drug-likeness (QED) is 0.178. The molecule has 1 amide bonds. The van der Waals surface area contributed by atoms with Crippen molar-refractivity contribution in [2.45, 2.75) is 110 Å². The second-order valence-corrected chi connectivity index (χ2v) is 14.5. The molecule has 0 aromatic rings. The van der Waals surface area contributed by atoms with Gasteiger partial charge in [-0.1, -0.05) is 20.8 Å². The van der Waals surface area contributed by atoms with Crippen molar-refractivity contribution in [1.29, 1.82) is 0 Å². The molecule has 7 heteroatoms. The van der Waals surface area contributed by atoms with E-state index in [1.807, 2.05) is 0 Å². The molecule has 40 heavy (non-hydrogen) atoms. The molecule has 0 aromatic carbocycles. The Hall–Kier alpha value is -0.890. The van der Waals surface area contributed by atoms with Gasteiger partial charge in [0.05, 0.1) is 12.7 Å². The van der Waals surface area contributed by atoms with Crippen LogP contribution in [0.5, 0.6) is 0 Å². The van der Waals surface area contributed by atoms with Crippen LogP contribution in [-0.4, -0.2) is 63.2 Å². The largest absolute Gasteiger partial charge is 0.449 e. The molecule has 7 nitrogen and oxygen atoms in total. The molecule has 232 valence electrons. The summed E-state index contributed by atoms with van der Waals surface area (Å²) in [7, 11) is 0. The van der Waals surface area contributed by atoms with E-state index < -0.39 is 0 Å². The molecule has 4 aliphatic carbocycles. The minimum absolute atomic E-state index is 0.0660. The highest BCUT2D eigenvalue weighted by Crippen LogP contribution is 2.68. The number of alkyl carbamates (subject to hydrolysis) is 1. The van der Waals surface area contributed by atoms with E-state index in [1.54, 1.807) is 0 Å². The first-order valence-corrected chi connectivity index (χ1v) is 17.0. The van der Waals surface area contributed by atoms with Crippen molar-refractivity contribution >= 4 is 6.09 Å². The molecule has 0 bridgehead atoms. The normalized spacial score (nSPS) is 37.7. The van der Waals surface area contributed by atoms with Crippen LogP contribution in [0.4, 0.5) is 4.79 Å². The number of carbonyl (C=O) groups excluding carboxylic acids is 1. The molecule has 4 fully saturated rings. The summed E-state index contributed by atoms with van der Waals surface area (Å²) in [5.74, 6) is 4.27. The fourth-order valence-electron chi connectivity index (χ4n) is 9.97. The van der Waals surface area contributed by atoms with Crippen molar-refractivity contribution in [3.63, 3.8) is 0 Å². The number of aliphatic hydroxyl groups excluding tert-OH is 1. The lowest BCUT2D eigenvalue weighted by Crippen LogP contribution is -2.54. The first-order valence-electron chi connectivity index (χ1n) is 17.0. The fourth-order valence-corrected chi connectivity index (χ4v) is 9.97. The van der Waals surface area contributed by atoms with E-state index in [-0.39, 0.29) is 12.2 Å². The number of nitrogens with two attached hydrogens (primary N) is 1. The van der Waals surface area contributed by atoms with Gasteiger partial charge in [0.2, 0.25) is 0 Å². The molecule has 0 spiro atoms. The van der Waals surface area contributed by atoms with Gasteiger partial charge in [0.15, 0.2) is 0 Å². The van der Waals surface area contributed by atoms with E-state index in [4.69, 9.17) is 10.5 Å². The van der Waals surface area contributed by atoms with Gasteiger partial charge in [-0.3, -0.25) is 0 Å². The number of fused-ring (bicyclic) bond motifs is 5. The van der Waals surface area contributed by atoms with Crippen LogP contribution in [-0.2, 0) is 4.74 Å². The minimum Gasteiger partial charge on any atom is -0.449 e. The predicted molar refractivity (Wildman–Crippen MR) is 163 cm³/mol. The summed E-state index contributed by atoms with van der Waals surface area (Å²) in [4.78, 5) is 12.4. The summed E-state index contributed by atoms with van der Waals surface area (Å²) in [6.45, 7) is 13.4. The first-order chi connectivity index (χ1) is 19.3. The molecule has 6 N–H and O–H groups in total. The standard InChI is InChI=1S/C33H62N4O3/c1-24(23-40-31(39)37-21-7-20-36-18-5-4-17-35-19-6-16-34)28-10-11-29-27-9-8-25-22-26(38)12-14-32(25,2)30(27)13-15-33(28,29)3/h24-30,35-36,38H,4-23,34H2,1-3H3,(H,37,39)/t24-,25-,26-,27?,28-,29?,30?,32+,33-/m1/s1. The first kappa shape index (κ1) is 32.0. The lowest BCUT2D eigenvalue weighted by molar-refractivity contribution is -0.130. The van der Waals surface area contributed by atoms with Gasteiger partial charge in [-0.05, 0) is 163 Å². The van der Waals surface area contributed by atoms with Crippen LogP contribution in [0.15, 0.2) is 0 Å². The monoisotopic (exact) mass is 562 g/mol. The second-order valence-electron chi connectivity index (χ2n) is 14.5. The van der Waals surface area contributed by atoms with Crippen LogP contribution in [0.25, 0.3) is 0 Å². The Balaban J connectivity index is 1.12. The molecule has 4 rings (SSSR count). The highest BCUT2D eigenvalue weighted by molar-refractivity contribution is 5.67. The average Bonchev–Trinajstić information content (AvgIpc) is 3.30. The summed E-state index contributed by atoms with van der Waals surface area (Å²) in [6.07, 6.45) is 15.2. The van der Waals surface area contributed by atoms with Crippen LogP contribution in [0, 0.1) is 46.3 Å². The summed E-state index contributed by atoms with van der Waals surface area (Å²) >= 11 is 0. The topological polar surface area (TPSA) is 109 Å². The third kappa shape index (κ3) is 7.54. The van der Waals surface area contributed by atoms with Gasteiger partial charge in [0.25, 0.3) is 0 Å². The Kier molecular flexibility index (Phi) is 12.0. The second kappa shape index (κ2) is 15.0. The Bertz CT molecular complexity index is 783. The van der Waals surface area contributed by atoms with Gasteiger partial charge in [0, 0.05) is 6.54 Å². The maximum atomic E-state index is 12.4. The lowest BCUT2D eigenvalue weighted by Gasteiger charge is -2.61. The van der Waals surface area contributed by atoms with E-state index in [0.717, 1.165) is 88.5 Å². The molecular formula is C33H62N4O3. The van der Waals surface area contributed by atoms with Crippen molar-refractivity contribution < 1.29 is 14.6 Å². The van der Waals surface area contributed by atoms with Gasteiger partial charge in [-0.25, -0.2) is 4.79 Å². The summed E-state index contributed by atoms with van der Waals surface area (Å²) in [6, 6.07) is 0. The molecule has 4 saturated carbocycles. The Morgan fingerprint density at radius 2 is 1.55 bits per heavy atom. The van der Waals surface area contributed by atoms with E-state index in [1.165, 1.54) is 51.4 Å². The third-order valence-electron chi connectivity index (χ3n) is 12.2. The zero-order valence-electron chi connectivity index (χ0n) is 26.0. The molecule has 0 aromatic heterocycles. The molecule has 9 atom stereocenters. The number of hydrogen-bond donors (Lipinski definition) is 5. The molecular weight excluding hydrogens is 500 g/mol. The predicted octanol–water partition coefficient (Wildman–Crippen LogP) is 5.07. The fraction of sp³-hybridized carbons (Fsp3) is 0.970. The maximum absolute atomic E-state index is 12.4. The van der Waals surface area contributed by atoms with Crippen LogP contribution in [0.2, 0.25) is 0 Å². The number of nitrogens with one attached hydrogen (secondary N) is 3. The van der Waals surface area contributed by atoms with E-state index in [0.29, 0.717) is 35.8 Å². The molecule has 0 saturated heterocycles. The van der Waals surface area contributed by atoms with Crippen LogP contribution < -0.4 is 21.7 Å². The van der Waals surface area contributed by atoms with Crippen molar-refractivity contribution in [3.05, 3.63) is 0 Å². The van der Waals surface area contributed by atoms with E-state index in [2.05, 4.69) is 36.7 Å². The number of ether oxygens (including phenoxy) is 1. The smallest absolute Gasteiger partial charge is 0.407 e. The van der Waals surface area contributed by atoms with Gasteiger partial charge >= 0.3 is 6.09 Å². The molecule has 3 unspecified atom stereocenters. The van der Waals surface area contributed by atoms with Crippen LogP contribution in [0.3, 0.4) is 0 Å². The van der Waals surface area contributed by atoms with Gasteiger partial charge in [-0.15, -0.1) is 0 Å². The maximum Gasteiger partial charge on any atom is 0.407 e. The number of carbonyl (C=O) groups is 1. The number of hydrogen-bond acceptors (Lipinski definition) is 6. The zero-order valence-corrected chi connectivity index (χ0v) is 26.0. The summed E-state index contributed by atoms with van der Waals surface area (Å²) < 4.78 is 5.74. The van der Waals surface area contributed by atoms with E-state index >= 15 is 0 Å². The Morgan fingerprint density at radius 3 is 2.30 bits per heavy atom. The minimum atomic E-state index is -0.260. The number of rotatable bonds is 15. The van der Waals surface area contributed by atoms with Crippen molar-refractivity contribution in [2.75, 3.05) is 45.9 Å². The number of aliphatic hydroxyl groups is 1. The molecule has 0 radical (unpaired) electrons.